The van der Waals surface area contributed by atoms with E-state index in [-0.39, 0.29) is 13.0 Å². The van der Waals surface area contributed by atoms with Crippen LogP contribution in [0.3, 0.4) is 0 Å². The van der Waals surface area contributed by atoms with Gasteiger partial charge in [0.05, 0.1) is 0 Å². The first-order valence-corrected chi connectivity index (χ1v) is 6.88. The molecule has 1 aliphatic rings. The second kappa shape index (κ2) is 6.52. The van der Waals surface area contributed by atoms with Crippen LogP contribution in [0.4, 0.5) is 0 Å². The van der Waals surface area contributed by atoms with E-state index >= 15 is 0 Å². The van der Waals surface area contributed by atoms with Crippen molar-refractivity contribution in [3.63, 3.8) is 0 Å². The first kappa shape index (κ1) is 14.5. The number of carboxylic acid groups (broad SMARTS) is 1. The fourth-order valence-electron chi connectivity index (χ4n) is 2.50. The van der Waals surface area contributed by atoms with Crippen molar-refractivity contribution >= 4 is 11.9 Å². The lowest BCUT2D eigenvalue weighted by atomic mass is 9.90. The zero-order chi connectivity index (χ0) is 14.5. The van der Waals surface area contributed by atoms with Crippen LogP contribution in [-0.2, 0) is 17.6 Å². The maximum atomic E-state index is 12.1. The molecule has 1 aromatic rings. The van der Waals surface area contributed by atoms with E-state index < -0.39 is 17.9 Å². The smallest absolute Gasteiger partial charge is 0.326 e. The summed E-state index contributed by atoms with van der Waals surface area (Å²) in [7, 11) is 0. The summed E-state index contributed by atoms with van der Waals surface area (Å²) in [6.07, 6.45) is 4.32. The molecular weight excluding hydrogens is 258 g/mol. The molecule has 1 atom stereocenters. The minimum atomic E-state index is -1.13. The van der Waals surface area contributed by atoms with Gasteiger partial charge >= 0.3 is 5.97 Å². The molecule has 5 heteroatoms. The predicted molar refractivity (Wildman–Crippen MR) is 73.7 cm³/mol. The molecule has 1 aliphatic carbocycles. The number of hydrogen-bond acceptors (Lipinski definition) is 3. The molecule has 1 aromatic carbocycles. The van der Waals surface area contributed by atoms with Crippen molar-refractivity contribution < 1.29 is 19.8 Å². The van der Waals surface area contributed by atoms with Crippen molar-refractivity contribution in [3.05, 3.63) is 34.9 Å². The Balaban J connectivity index is 2.10. The molecule has 0 heterocycles. The lowest BCUT2D eigenvalue weighted by Crippen LogP contribution is -2.41. The average molecular weight is 277 g/mol. The Kier molecular flexibility index (Phi) is 4.74. The number of carboxylic acids is 1. The number of aliphatic hydroxyl groups is 1. The quantitative estimate of drug-likeness (QED) is 0.753. The van der Waals surface area contributed by atoms with E-state index in [4.69, 9.17) is 10.2 Å². The maximum absolute atomic E-state index is 12.1. The van der Waals surface area contributed by atoms with Gasteiger partial charge < -0.3 is 15.5 Å². The van der Waals surface area contributed by atoms with Crippen molar-refractivity contribution in [1.29, 1.82) is 0 Å². The summed E-state index contributed by atoms with van der Waals surface area (Å²) in [5.74, 6) is -1.54. The van der Waals surface area contributed by atoms with Gasteiger partial charge in [-0.15, -0.1) is 0 Å². The Morgan fingerprint density at radius 3 is 2.55 bits per heavy atom. The molecule has 0 spiro atoms. The Morgan fingerprint density at radius 2 is 1.90 bits per heavy atom. The van der Waals surface area contributed by atoms with Gasteiger partial charge in [-0.1, -0.05) is 6.07 Å². The van der Waals surface area contributed by atoms with Crippen LogP contribution in [0.25, 0.3) is 0 Å². The number of hydrogen-bond donors (Lipinski definition) is 3. The molecule has 1 unspecified atom stereocenters. The normalized spacial score (nSPS) is 15.2. The van der Waals surface area contributed by atoms with Gasteiger partial charge in [0, 0.05) is 18.6 Å². The summed E-state index contributed by atoms with van der Waals surface area (Å²) in [6, 6.07) is 4.48. The summed E-state index contributed by atoms with van der Waals surface area (Å²) < 4.78 is 0. The highest BCUT2D eigenvalue weighted by atomic mass is 16.4. The van der Waals surface area contributed by atoms with Crippen molar-refractivity contribution in [3.8, 4) is 0 Å². The van der Waals surface area contributed by atoms with Gasteiger partial charge in [-0.25, -0.2) is 4.79 Å². The molecule has 0 aromatic heterocycles. The Bertz CT molecular complexity index is 513. The Hall–Kier alpha value is -1.88. The van der Waals surface area contributed by atoms with Crippen LogP contribution in [0, 0.1) is 0 Å². The number of fused-ring (bicyclic) bond motifs is 1. The number of benzene rings is 1. The molecule has 20 heavy (non-hydrogen) atoms. The fourth-order valence-corrected chi connectivity index (χ4v) is 2.50. The van der Waals surface area contributed by atoms with Gasteiger partial charge in [0.25, 0.3) is 5.91 Å². The lowest BCUT2D eigenvalue weighted by Gasteiger charge is -2.17. The molecule has 5 nitrogen and oxygen atoms in total. The number of carbonyl (C=O) groups is 2. The summed E-state index contributed by atoms with van der Waals surface area (Å²) in [6.45, 7) is -0.276. The van der Waals surface area contributed by atoms with Crippen LogP contribution in [0.1, 0.15) is 40.7 Å². The minimum Gasteiger partial charge on any atom is -0.480 e. The summed E-state index contributed by atoms with van der Waals surface area (Å²) in [5.41, 5.74) is 2.94. The van der Waals surface area contributed by atoms with Gasteiger partial charge in [-0.05, 0) is 48.9 Å². The molecule has 3 N–H and O–H groups in total. The largest absolute Gasteiger partial charge is 0.480 e. The Labute approximate surface area is 117 Å². The highest BCUT2D eigenvalue weighted by Crippen LogP contribution is 2.22. The third-order valence-corrected chi connectivity index (χ3v) is 3.63. The summed E-state index contributed by atoms with van der Waals surface area (Å²) in [5, 5.41) is 20.2. The molecule has 1 amide bonds. The number of rotatable bonds is 5. The van der Waals surface area contributed by atoms with E-state index in [9.17, 15) is 9.59 Å². The van der Waals surface area contributed by atoms with E-state index in [0.29, 0.717) is 5.56 Å². The van der Waals surface area contributed by atoms with E-state index in [2.05, 4.69) is 5.32 Å². The van der Waals surface area contributed by atoms with Crippen LogP contribution in [0.5, 0.6) is 0 Å². The molecule has 0 aliphatic heterocycles. The summed E-state index contributed by atoms with van der Waals surface area (Å²) in [4.78, 5) is 23.0. The standard InChI is InChI=1S/C15H19NO4/c17-8-7-13(15(19)20)16-14(18)12-6-5-10-3-1-2-4-11(10)9-12/h5-6,9,13,17H,1-4,7-8H2,(H,16,18)(H,19,20). The van der Waals surface area contributed by atoms with Gasteiger partial charge in [0.2, 0.25) is 0 Å². The van der Waals surface area contributed by atoms with Crippen molar-refractivity contribution in [2.24, 2.45) is 0 Å². The number of carbonyl (C=O) groups excluding carboxylic acids is 1. The van der Waals surface area contributed by atoms with Crippen molar-refractivity contribution in [2.75, 3.05) is 6.61 Å². The third-order valence-electron chi connectivity index (χ3n) is 3.63. The van der Waals surface area contributed by atoms with Gasteiger partial charge in [0.1, 0.15) is 6.04 Å². The number of amides is 1. The van der Waals surface area contributed by atoms with Crippen molar-refractivity contribution in [1.82, 2.24) is 5.32 Å². The number of aryl methyl sites for hydroxylation is 2. The molecular formula is C15H19NO4. The van der Waals surface area contributed by atoms with Crippen LogP contribution in [0.15, 0.2) is 18.2 Å². The minimum absolute atomic E-state index is 0.00597. The fraction of sp³-hybridized carbons (Fsp3) is 0.467. The Morgan fingerprint density at radius 1 is 1.20 bits per heavy atom. The SMILES string of the molecule is O=C(NC(CCO)C(=O)O)c1ccc2c(c1)CCCC2. The summed E-state index contributed by atoms with van der Waals surface area (Å²) >= 11 is 0. The van der Waals surface area contributed by atoms with Crippen LogP contribution < -0.4 is 5.32 Å². The highest BCUT2D eigenvalue weighted by molar-refractivity contribution is 5.96. The number of nitrogens with one attached hydrogen (secondary N) is 1. The average Bonchev–Trinajstić information content (AvgIpc) is 2.46. The monoisotopic (exact) mass is 277 g/mol. The van der Waals surface area contributed by atoms with Gasteiger partial charge in [-0.3, -0.25) is 4.79 Å². The molecule has 2 rings (SSSR count). The molecule has 0 fully saturated rings. The highest BCUT2D eigenvalue weighted by Gasteiger charge is 2.20. The van der Waals surface area contributed by atoms with Crippen molar-refractivity contribution in [2.45, 2.75) is 38.1 Å². The topological polar surface area (TPSA) is 86.6 Å². The van der Waals surface area contributed by atoms with E-state index in [1.54, 1.807) is 6.07 Å². The van der Waals surface area contributed by atoms with E-state index in [1.807, 2.05) is 12.1 Å². The zero-order valence-corrected chi connectivity index (χ0v) is 11.3. The van der Waals surface area contributed by atoms with Crippen LogP contribution in [0.2, 0.25) is 0 Å². The molecule has 0 radical (unpaired) electrons. The molecule has 0 saturated heterocycles. The molecule has 108 valence electrons. The van der Waals surface area contributed by atoms with E-state index in [0.717, 1.165) is 19.3 Å². The first-order chi connectivity index (χ1) is 9.61. The van der Waals surface area contributed by atoms with Crippen LogP contribution >= 0.6 is 0 Å². The van der Waals surface area contributed by atoms with E-state index in [1.165, 1.54) is 17.5 Å². The number of aliphatic hydroxyl groups excluding tert-OH is 1. The second-order valence-electron chi connectivity index (χ2n) is 5.07. The molecule has 0 saturated carbocycles. The second-order valence-corrected chi connectivity index (χ2v) is 5.07. The first-order valence-electron chi connectivity index (χ1n) is 6.88. The van der Waals surface area contributed by atoms with Gasteiger partial charge in [-0.2, -0.15) is 0 Å². The lowest BCUT2D eigenvalue weighted by molar-refractivity contribution is -0.139. The van der Waals surface area contributed by atoms with Gasteiger partial charge in [0.15, 0.2) is 0 Å². The molecule has 0 bridgehead atoms. The third kappa shape index (κ3) is 3.36. The zero-order valence-electron chi connectivity index (χ0n) is 11.3. The predicted octanol–water partition coefficient (Wildman–Crippen LogP) is 1.13. The maximum Gasteiger partial charge on any atom is 0.326 e. The number of aliphatic carboxylic acids is 1. The van der Waals surface area contributed by atoms with Crippen LogP contribution in [-0.4, -0.2) is 34.7 Å².